The summed E-state index contributed by atoms with van der Waals surface area (Å²) in [5, 5.41) is 4.68. The lowest BCUT2D eigenvalue weighted by molar-refractivity contribution is -0.123. The first-order valence-electron chi connectivity index (χ1n) is 8.00. The second-order valence-electron chi connectivity index (χ2n) is 6.30. The Hall–Kier alpha value is -3.20. The summed E-state index contributed by atoms with van der Waals surface area (Å²) in [5.74, 6) is -0.683. The van der Waals surface area contributed by atoms with Crippen LogP contribution >= 0.6 is 0 Å². The normalized spacial score (nSPS) is 19.3. The molecule has 2 aromatic carbocycles. The second kappa shape index (κ2) is 6.51. The van der Waals surface area contributed by atoms with E-state index >= 15 is 0 Å². The first-order valence-corrected chi connectivity index (χ1v) is 9.48. The Morgan fingerprint density at radius 3 is 2.30 bits per heavy atom. The highest BCUT2D eigenvalue weighted by atomic mass is 32.2. The molecule has 3 rings (SSSR count). The van der Waals surface area contributed by atoms with Gasteiger partial charge in [-0.2, -0.15) is 0 Å². The number of amides is 3. The minimum Gasteiger partial charge on any atom is -0.320 e. The van der Waals surface area contributed by atoms with E-state index in [1.54, 1.807) is 12.1 Å². The van der Waals surface area contributed by atoms with Gasteiger partial charge in [0.2, 0.25) is 0 Å². The predicted molar refractivity (Wildman–Crippen MR) is 97.7 cm³/mol. The van der Waals surface area contributed by atoms with Crippen LogP contribution in [0.15, 0.2) is 53.4 Å². The van der Waals surface area contributed by atoms with Crippen LogP contribution in [0, 0.1) is 0 Å². The maximum atomic E-state index is 12.6. The molecule has 0 saturated carbocycles. The Morgan fingerprint density at radius 1 is 1.07 bits per heavy atom. The Kier molecular flexibility index (Phi) is 4.48. The summed E-state index contributed by atoms with van der Waals surface area (Å²) < 4.78 is 27.6. The predicted octanol–water partition coefficient (Wildman–Crippen LogP) is 1.74. The molecular weight excluding hydrogens is 370 g/mol. The summed E-state index contributed by atoms with van der Waals surface area (Å²) >= 11 is 0. The van der Waals surface area contributed by atoms with Gasteiger partial charge in [0.1, 0.15) is 5.54 Å². The largest absolute Gasteiger partial charge is 0.322 e. The number of Topliss-reactive ketones (excluding diaryl/α,β-unsaturated/α-hetero) is 1. The Bertz CT molecular complexity index is 1050. The van der Waals surface area contributed by atoms with E-state index in [4.69, 9.17) is 0 Å². The summed E-state index contributed by atoms with van der Waals surface area (Å²) in [6.45, 7) is 2.92. The molecule has 3 amide bonds. The molecule has 3 N–H and O–H groups in total. The lowest BCUT2D eigenvalue weighted by Crippen LogP contribution is -2.40. The van der Waals surface area contributed by atoms with Crippen molar-refractivity contribution in [2.75, 3.05) is 4.72 Å². The van der Waals surface area contributed by atoms with E-state index in [1.807, 2.05) is 0 Å². The lowest BCUT2D eigenvalue weighted by atomic mass is 9.92. The number of hydrogen-bond acceptors (Lipinski definition) is 5. The average Bonchev–Trinajstić information content (AvgIpc) is 2.88. The number of imide groups is 1. The Morgan fingerprint density at radius 2 is 1.74 bits per heavy atom. The molecule has 1 atom stereocenters. The van der Waals surface area contributed by atoms with Gasteiger partial charge in [-0.05, 0) is 43.7 Å². The van der Waals surface area contributed by atoms with E-state index in [-0.39, 0.29) is 16.4 Å². The Labute approximate surface area is 156 Å². The molecule has 1 fully saturated rings. The zero-order valence-corrected chi connectivity index (χ0v) is 15.4. The van der Waals surface area contributed by atoms with E-state index in [0.717, 1.165) is 0 Å². The van der Waals surface area contributed by atoms with Crippen LogP contribution in [0.5, 0.6) is 0 Å². The first-order chi connectivity index (χ1) is 12.6. The molecule has 1 unspecified atom stereocenters. The van der Waals surface area contributed by atoms with E-state index in [9.17, 15) is 22.8 Å². The van der Waals surface area contributed by atoms with Gasteiger partial charge in [0.15, 0.2) is 5.78 Å². The number of urea groups is 1. The highest BCUT2D eigenvalue weighted by Crippen LogP contribution is 2.27. The molecule has 27 heavy (non-hydrogen) atoms. The van der Waals surface area contributed by atoms with Crippen molar-refractivity contribution in [1.29, 1.82) is 0 Å². The van der Waals surface area contributed by atoms with Crippen molar-refractivity contribution in [3.8, 4) is 0 Å². The lowest BCUT2D eigenvalue weighted by Gasteiger charge is -2.21. The van der Waals surface area contributed by atoms with Crippen molar-refractivity contribution >= 4 is 33.4 Å². The van der Waals surface area contributed by atoms with E-state index < -0.39 is 27.5 Å². The molecule has 9 heteroatoms. The van der Waals surface area contributed by atoms with Crippen molar-refractivity contribution in [2.45, 2.75) is 24.3 Å². The molecular formula is C18H17N3O5S. The maximum absolute atomic E-state index is 12.6. The summed E-state index contributed by atoms with van der Waals surface area (Å²) in [5.41, 5.74) is -0.218. The molecule has 0 aromatic heterocycles. The third-order valence-electron chi connectivity index (χ3n) is 4.31. The van der Waals surface area contributed by atoms with Crippen LogP contribution in [-0.2, 0) is 20.4 Å². The van der Waals surface area contributed by atoms with Gasteiger partial charge in [-0.3, -0.25) is 19.6 Å². The number of carbonyl (C=O) groups excluding carboxylic acids is 3. The highest BCUT2D eigenvalue weighted by Gasteiger charge is 2.43. The summed E-state index contributed by atoms with van der Waals surface area (Å²) in [4.78, 5) is 34.8. The molecule has 0 bridgehead atoms. The van der Waals surface area contributed by atoms with Crippen LogP contribution in [0.4, 0.5) is 10.5 Å². The molecule has 0 aliphatic carbocycles. The van der Waals surface area contributed by atoms with Gasteiger partial charge in [-0.25, -0.2) is 13.2 Å². The number of sulfonamides is 1. The molecule has 2 aromatic rings. The van der Waals surface area contributed by atoms with Gasteiger partial charge in [0.05, 0.1) is 4.90 Å². The number of rotatable bonds is 5. The zero-order chi connectivity index (χ0) is 19.8. The van der Waals surface area contributed by atoms with Crippen LogP contribution in [0.25, 0.3) is 0 Å². The topological polar surface area (TPSA) is 121 Å². The zero-order valence-electron chi connectivity index (χ0n) is 14.6. The quantitative estimate of drug-likeness (QED) is 0.533. The monoisotopic (exact) mass is 387 g/mol. The second-order valence-corrected chi connectivity index (χ2v) is 7.98. The van der Waals surface area contributed by atoms with Crippen molar-refractivity contribution in [2.24, 2.45) is 0 Å². The van der Waals surface area contributed by atoms with Gasteiger partial charge in [-0.1, -0.05) is 24.3 Å². The van der Waals surface area contributed by atoms with Crippen molar-refractivity contribution in [3.63, 3.8) is 0 Å². The van der Waals surface area contributed by atoms with Gasteiger partial charge < -0.3 is 5.32 Å². The fraction of sp³-hybridized carbons (Fsp3) is 0.167. The summed E-state index contributed by atoms with van der Waals surface area (Å²) in [6, 6.07) is 11.2. The number of carbonyl (C=O) groups is 3. The number of ketones is 1. The molecule has 1 aliphatic heterocycles. The fourth-order valence-corrected chi connectivity index (χ4v) is 3.77. The number of nitrogens with one attached hydrogen (secondary N) is 3. The van der Waals surface area contributed by atoms with Crippen LogP contribution in [0.3, 0.4) is 0 Å². The van der Waals surface area contributed by atoms with E-state index in [2.05, 4.69) is 15.4 Å². The SMILES string of the molecule is CC(=O)c1ccc(S(=O)(=O)Nc2cccc(C3(C)NC(=O)NC3=O)c2)cc1. The summed E-state index contributed by atoms with van der Waals surface area (Å²) in [7, 11) is -3.89. The van der Waals surface area contributed by atoms with Gasteiger partial charge in [0.25, 0.3) is 15.9 Å². The number of anilines is 1. The summed E-state index contributed by atoms with van der Waals surface area (Å²) in [6.07, 6.45) is 0. The van der Waals surface area contributed by atoms with Crippen molar-refractivity contribution in [1.82, 2.24) is 10.6 Å². The third kappa shape index (κ3) is 3.54. The van der Waals surface area contributed by atoms with Crippen LogP contribution in [0.2, 0.25) is 0 Å². The molecule has 1 saturated heterocycles. The standard InChI is InChI=1S/C18H17N3O5S/c1-11(22)12-6-8-15(9-7-12)27(25,26)21-14-5-3-4-13(10-14)18(2)16(23)19-17(24)20-18/h3-10,21H,1-2H3,(H2,19,20,23,24). The van der Waals surface area contributed by atoms with Crippen LogP contribution in [0.1, 0.15) is 29.8 Å². The van der Waals surface area contributed by atoms with Gasteiger partial charge >= 0.3 is 6.03 Å². The van der Waals surface area contributed by atoms with Crippen molar-refractivity contribution < 1.29 is 22.8 Å². The Balaban J connectivity index is 1.88. The number of benzene rings is 2. The minimum atomic E-state index is -3.89. The minimum absolute atomic E-state index is 0.00368. The van der Waals surface area contributed by atoms with Crippen LogP contribution < -0.4 is 15.4 Å². The van der Waals surface area contributed by atoms with Gasteiger partial charge in [-0.15, -0.1) is 0 Å². The average molecular weight is 387 g/mol. The van der Waals surface area contributed by atoms with Gasteiger partial charge in [0, 0.05) is 11.3 Å². The molecule has 8 nitrogen and oxygen atoms in total. The molecule has 0 radical (unpaired) electrons. The smallest absolute Gasteiger partial charge is 0.320 e. The molecule has 0 spiro atoms. The highest BCUT2D eigenvalue weighted by molar-refractivity contribution is 7.92. The van der Waals surface area contributed by atoms with E-state index in [0.29, 0.717) is 11.1 Å². The molecule has 1 heterocycles. The molecule has 1 aliphatic rings. The van der Waals surface area contributed by atoms with Crippen LogP contribution in [-0.4, -0.2) is 26.1 Å². The molecule has 140 valence electrons. The fourth-order valence-electron chi connectivity index (χ4n) is 2.72. The third-order valence-corrected chi connectivity index (χ3v) is 5.71. The first kappa shape index (κ1) is 18.6. The van der Waals surface area contributed by atoms with E-state index in [1.165, 1.54) is 50.2 Å². The van der Waals surface area contributed by atoms with Crippen molar-refractivity contribution in [3.05, 3.63) is 59.7 Å². The number of hydrogen-bond donors (Lipinski definition) is 3. The maximum Gasteiger partial charge on any atom is 0.322 e.